The zero-order valence-corrected chi connectivity index (χ0v) is 13.7. The molecule has 0 aliphatic heterocycles. The summed E-state index contributed by atoms with van der Waals surface area (Å²) in [5.41, 5.74) is -0.0932. The van der Waals surface area contributed by atoms with E-state index >= 15 is 0 Å². The molecule has 0 unspecified atom stereocenters. The molecule has 5 nitrogen and oxygen atoms in total. The van der Waals surface area contributed by atoms with E-state index in [2.05, 4.69) is 20.1 Å². The Morgan fingerprint density at radius 3 is 2.59 bits per heavy atom. The van der Waals surface area contributed by atoms with Gasteiger partial charge in [-0.25, -0.2) is 14.1 Å². The fraction of sp³-hybridized carbons (Fsp3) is 0.111. The molecule has 0 spiro atoms. The molecule has 0 amide bonds. The summed E-state index contributed by atoms with van der Waals surface area (Å²) in [5, 5.41) is 4.76. The second-order valence-electron chi connectivity index (χ2n) is 5.77. The first-order chi connectivity index (χ1) is 12.9. The Hall–Kier alpha value is -3.36. The first-order valence-corrected chi connectivity index (χ1v) is 7.87. The SMILES string of the molecule is Fc1ccc(C(F)(F)F)cc1-c1nn(Cc2cnccn2)c2ncccc12. The van der Waals surface area contributed by atoms with E-state index in [1.807, 2.05) is 0 Å². The summed E-state index contributed by atoms with van der Waals surface area (Å²) < 4.78 is 55.0. The summed E-state index contributed by atoms with van der Waals surface area (Å²) >= 11 is 0. The number of nitrogens with zero attached hydrogens (tertiary/aromatic N) is 5. The van der Waals surface area contributed by atoms with Crippen molar-refractivity contribution in [2.24, 2.45) is 0 Å². The highest BCUT2D eigenvalue weighted by Gasteiger charge is 2.32. The number of aromatic nitrogens is 5. The minimum atomic E-state index is -4.58. The van der Waals surface area contributed by atoms with E-state index in [-0.39, 0.29) is 17.8 Å². The summed E-state index contributed by atoms with van der Waals surface area (Å²) in [5.74, 6) is -0.794. The van der Waals surface area contributed by atoms with Crippen LogP contribution in [0.1, 0.15) is 11.3 Å². The lowest BCUT2D eigenvalue weighted by Gasteiger charge is -2.08. The van der Waals surface area contributed by atoms with E-state index in [1.165, 1.54) is 23.3 Å². The smallest absolute Gasteiger partial charge is 0.261 e. The van der Waals surface area contributed by atoms with Gasteiger partial charge in [0.2, 0.25) is 0 Å². The summed E-state index contributed by atoms with van der Waals surface area (Å²) in [6, 6.07) is 5.51. The maximum Gasteiger partial charge on any atom is 0.416 e. The van der Waals surface area contributed by atoms with Gasteiger partial charge in [0.15, 0.2) is 5.65 Å². The van der Waals surface area contributed by atoms with Gasteiger partial charge in [0, 0.05) is 29.5 Å². The molecule has 0 aliphatic carbocycles. The van der Waals surface area contributed by atoms with Crippen LogP contribution in [0, 0.1) is 5.82 Å². The number of alkyl halides is 3. The molecule has 4 rings (SSSR count). The van der Waals surface area contributed by atoms with Crippen LogP contribution in [0.4, 0.5) is 17.6 Å². The Bertz CT molecular complexity index is 1110. The lowest BCUT2D eigenvalue weighted by Crippen LogP contribution is -2.06. The fourth-order valence-electron chi connectivity index (χ4n) is 2.77. The van der Waals surface area contributed by atoms with Crippen molar-refractivity contribution in [2.75, 3.05) is 0 Å². The van der Waals surface area contributed by atoms with Crippen LogP contribution >= 0.6 is 0 Å². The number of rotatable bonds is 3. The Labute approximate surface area is 150 Å². The van der Waals surface area contributed by atoms with Gasteiger partial charge >= 0.3 is 6.18 Å². The first-order valence-electron chi connectivity index (χ1n) is 7.87. The van der Waals surface area contributed by atoms with Crippen LogP contribution in [0.15, 0.2) is 55.1 Å². The second kappa shape index (κ2) is 6.42. The van der Waals surface area contributed by atoms with Gasteiger partial charge in [0.05, 0.1) is 24.0 Å². The molecule has 3 heterocycles. The maximum atomic E-state index is 14.3. The third-order valence-electron chi connectivity index (χ3n) is 3.98. The molecule has 136 valence electrons. The highest BCUT2D eigenvalue weighted by atomic mass is 19.4. The van der Waals surface area contributed by atoms with Crippen LogP contribution in [0.2, 0.25) is 0 Å². The molecular weight excluding hydrogens is 362 g/mol. The standard InChI is InChI=1S/C18H11F4N5/c19-15-4-3-11(18(20,21)22)8-14(15)16-13-2-1-5-25-17(13)27(26-16)10-12-9-23-6-7-24-12/h1-9H,10H2. The summed E-state index contributed by atoms with van der Waals surface area (Å²) in [4.78, 5) is 12.4. The second-order valence-corrected chi connectivity index (χ2v) is 5.77. The van der Waals surface area contributed by atoms with Crippen LogP contribution in [0.3, 0.4) is 0 Å². The zero-order valence-electron chi connectivity index (χ0n) is 13.7. The van der Waals surface area contributed by atoms with Gasteiger partial charge < -0.3 is 0 Å². The molecule has 0 bridgehead atoms. The summed E-state index contributed by atoms with van der Waals surface area (Å²) in [7, 11) is 0. The first kappa shape index (κ1) is 17.1. The number of hydrogen-bond donors (Lipinski definition) is 0. The molecule has 0 atom stereocenters. The molecule has 0 saturated heterocycles. The molecule has 1 aromatic carbocycles. The van der Waals surface area contributed by atoms with Gasteiger partial charge in [0.1, 0.15) is 11.5 Å². The largest absolute Gasteiger partial charge is 0.416 e. The van der Waals surface area contributed by atoms with Crippen LogP contribution in [0.5, 0.6) is 0 Å². The number of halogens is 4. The molecule has 0 aliphatic rings. The predicted molar refractivity (Wildman–Crippen MR) is 89.1 cm³/mol. The fourth-order valence-corrected chi connectivity index (χ4v) is 2.77. The minimum absolute atomic E-state index is 0.0885. The predicted octanol–water partition coefficient (Wildman–Crippen LogP) is 4.09. The summed E-state index contributed by atoms with van der Waals surface area (Å²) in [6.45, 7) is 0.196. The monoisotopic (exact) mass is 373 g/mol. The van der Waals surface area contributed by atoms with Crippen LogP contribution in [0.25, 0.3) is 22.3 Å². The Balaban J connectivity index is 1.88. The number of pyridine rings is 1. The Morgan fingerprint density at radius 2 is 1.85 bits per heavy atom. The van der Waals surface area contributed by atoms with Crippen molar-refractivity contribution in [3.63, 3.8) is 0 Å². The number of benzene rings is 1. The summed E-state index contributed by atoms with van der Waals surface area (Å²) in [6.07, 6.45) is 1.53. The topological polar surface area (TPSA) is 56.5 Å². The van der Waals surface area contributed by atoms with E-state index in [1.54, 1.807) is 18.3 Å². The third kappa shape index (κ3) is 3.23. The highest BCUT2D eigenvalue weighted by molar-refractivity contribution is 5.91. The average molecular weight is 373 g/mol. The van der Waals surface area contributed by atoms with Crippen molar-refractivity contribution in [3.8, 4) is 11.3 Å². The molecule has 3 aromatic heterocycles. The minimum Gasteiger partial charge on any atom is -0.261 e. The molecule has 0 N–H and O–H groups in total. The molecule has 27 heavy (non-hydrogen) atoms. The van der Waals surface area contributed by atoms with E-state index in [9.17, 15) is 17.6 Å². The zero-order chi connectivity index (χ0) is 19.0. The molecule has 9 heteroatoms. The van der Waals surface area contributed by atoms with Crippen molar-refractivity contribution < 1.29 is 17.6 Å². The van der Waals surface area contributed by atoms with Crippen LogP contribution < -0.4 is 0 Å². The number of fused-ring (bicyclic) bond motifs is 1. The molecule has 4 aromatic rings. The van der Waals surface area contributed by atoms with Crippen molar-refractivity contribution in [3.05, 3.63) is 72.2 Å². The van der Waals surface area contributed by atoms with Gasteiger partial charge in [-0.3, -0.25) is 9.97 Å². The van der Waals surface area contributed by atoms with E-state index in [0.29, 0.717) is 22.8 Å². The van der Waals surface area contributed by atoms with E-state index in [0.717, 1.165) is 12.1 Å². The molecule has 0 saturated carbocycles. The average Bonchev–Trinajstić information content (AvgIpc) is 3.01. The highest BCUT2D eigenvalue weighted by Crippen LogP contribution is 2.35. The van der Waals surface area contributed by atoms with Crippen LogP contribution in [-0.2, 0) is 12.7 Å². The van der Waals surface area contributed by atoms with Crippen molar-refractivity contribution >= 4 is 11.0 Å². The molecule has 0 radical (unpaired) electrons. The maximum absolute atomic E-state index is 14.3. The third-order valence-corrected chi connectivity index (χ3v) is 3.98. The van der Waals surface area contributed by atoms with Gasteiger partial charge in [-0.15, -0.1) is 0 Å². The lowest BCUT2D eigenvalue weighted by atomic mass is 10.0. The Morgan fingerprint density at radius 1 is 1.00 bits per heavy atom. The van der Waals surface area contributed by atoms with Gasteiger partial charge in [-0.1, -0.05) is 0 Å². The Kier molecular flexibility index (Phi) is 4.06. The van der Waals surface area contributed by atoms with Gasteiger partial charge in [-0.05, 0) is 30.3 Å². The van der Waals surface area contributed by atoms with Gasteiger partial charge in [0.25, 0.3) is 0 Å². The van der Waals surface area contributed by atoms with Crippen molar-refractivity contribution in [1.29, 1.82) is 0 Å². The van der Waals surface area contributed by atoms with Crippen LogP contribution in [-0.4, -0.2) is 24.7 Å². The normalized spacial score (nSPS) is 11.9. The molecular formula is C18H11F4N5. The van der Waals surface area contributed by atoms with E-state index in [4.69, 9.17) is 0 Å². The van der Waals surface area contributed by atoms with Crippen molar-refractivity contribution in [1.82, 2.24) is 24.7 Å². The van der Waals surface area contributed by atoms with E-state index < -0.39 is 17.6 Å². The lowest BCUT2D eigenvalue weighted by molar-refractivity contribution is -0.137. The number of hydrogen-bond acceptors (Lipinski definition) is 4. The van der Waals surface area contributed by atoms with Gasteiger partial charge in [-0.2, -0.15) is 18.3 Å². The molecule has 0 fully saturated rings. The van der Waals surface area contributed by atoms with Crippen molar-refractivity contribution in [2.45, 2.75) is 12.7 Å². The quantitative estimate of drug-likeness (QED) is 0.508.